The molecule has 0 saturated carbocycles. The highest BCUT2D eigenvalue weighted by molar-refractivity contribution is 9.10. The molecule has 2 N–H and O–H groups in total. The molecule has 0 spiro atoms. The normalized spacial score (nSPS) is 12.2. The minimum atomic E-state index is -0.198. The van der Waals surface area contributed by atoms with Gasteiger partial charge in [-0.2, -0.15) is 0 Å². The van der Waals surface area contributed by atoms with Gasteiger partial charge in [0.05, 0.1) is 13.0 Å². The van der Waals surface area contributed by atoms with E-state index in [2.05, 4.69) is 20.7 Å². The molecular weight excluding hydrogens is 258 g/mol. The van der Waals surface area contributed by atoms with E-state index >= 15 is 0 Å². The highest BCUT2D eigenvalue weighted by Crippen LogP contribution is 2.21. The highest BCUT2D eigenvalue weighted by Gasteiger charge is 2.13. The second kappa shape index (κ2) is 5.16. The summed E-state index contributed by atoms with van der Waals surface area (Å²) in [6, 6.07) is 5.69. The molecule has 1 rings (SSSR count). The third-order valence-electron chi connectivity index (χ3n) is 2.21. The molecule has 4 heteroatoms. The van der Waals surface area contributed by atoms with Crippen LogP contribution in [0.25, 0.3) is 0 Å². The van der Waals surface area contributed by atoms with E-state index < -0.39 is 0 Å². The van der Waals surface area contributed by atoms with E-state index in [0.717, 1.165) is 10.0 Å². The van der Waals surface area contributed by atoms with E-state index in [1.165, 1.54) is 7.11 Å². The molecular formula is C11H14BrNO2. The van der Waals surface area contributed by atoms with Crippen molar-refractivity contribution in [2.75, 3.05) is 12.8 Å². The summed E-state index contributed by atoms with van der Waals surface area (Å²) in [5, 5.41) is 0. The maximum Gasteiger partial charge on any atom is 0.308 e. The zero-order valence-electron chi connectivity index (χ0n) is 8.79. The molecule has 15 heavy (non-hydrogen) atoms. The maximum absolute atomic E-state index is 11.2. The third-order valence-corrected chi connectivity index (χ3v) is 2.93. The minimum Gasteiger partial charge on any atom is -0.469 e. The number of methoxy groups -OCH3 is 1. The van der Waals surface area contributed by atoms with Crippen LogP contribution in [0.2, 0.25) is 0 Å². The highest BCUT2D eigenvalue weighted by atomic mass is 79.9. The molecule has 0 radical (unpaired) electrons. The van der Waals surface area contributed by atoms with Gasteiger partial charge in [-0.1, -0.05) is 13.0 Å². The number of rotatable bonds is 3. The van der Waals surface area contributed by atoms with Crippen molar-refractivity contribution in [3.05, 3.63) is 28.2 Å². The molecule has 0 aliphatic rings. The van der Waals surface area contributed by atoms with E-state index in [1.807, 2.05) is 25.1 Å². The first-order valence-corrected chi connectivity index (χ1v) is 5.45. The van der Waals surface area contributed by atoms with E-state index in [-0.39, 0.29) is 11.9 Å². The molecule has 1 aromatic rings. The average molecular weight is 272 g/mol. The fraction of sp³-hybridized carbons (Fsp3) is 0.364. The van der Waals surface area contributed by atoms with Crippen molar-refractivity contribution in [1.82, 2.24) is 0 Å². The monoisotopic (exact) mass is 271 g/mol. The van der Waals surface area contributed by atoms with Crippen molar-refractivity contribution in [2.45, 2.75) is 13.3 Å². The van der Waals surface area contributed by atoms with Crippen LogP contribution in [-0.4, -0.2) is 13.1 Å². The van der Waals surface area contributed by atoms with Gasteiger partial charge in [0.15, 0.2) is 0 Å². The van der Waals surface area contributed by atoms with Crippen molar-refractivity contribution in [2.24, 2.45) is 5.92 Å². The number of carbonyl (C=O) groups is 1. The number of benzene rings is 1. The van der Waals surface area contributed by atoms with Crippen LogP contribution >= 0.6 is 15.9 Å². The van der Waals surface area contributed by atoms with E-state index in [1.54, 1.807) is 0 Å². The van der Waals surface area contributed by atoms with Crippen LogP contribution in [0.15, 0.2) is 22.7 Å². The topological polar surface area (TPSA) is 52.3 Å². The summed E-state index contributed by atoms with van der Waals surface area (Å²) in [7, 11) is 1.40. The quantitative estimate of drug-likeness (QED) is 0.679. The summed E-state index contributed by atoms with van der Waals surface area (Å²) in [5.74, 6) is -0.341. The standard InChI is InChI=1S/C11H14BrNO2/c1-7(11(14)15-2)5-8-3-4-9(12)10(13)6-8/h3-4,6-7H,5,13H2,1-2H3. The molecule has 0 amide bonds. The number of esters is 1. The summed E-state index contributed by atoms with van der Waals surface area (Å²) in [6.07, 6.45) is 0.643. The van der Waals surface area contributed by atoms with Crippen molar-refractivity contribution >= 4 is 27.6 Å². The third kappa shape index (κ3) is 3.23. The Balaban J connectivity index is 2.73. The fourth-order valence-corrected chi connectivity index (χ4v) is 1.60. The van der Waals surface area contributed by atoms with Gasteiger partial charge in [0.1, 0.15) is 0 Å². The zero-order chi connectivity index (χ0) is 11.4. The summed E-state index contributed by atoms with van der Waals surface area (Å²) in [4.78, 5) is 11.2. The Morgan fingerprint density at radius 1 is 1.60 bits per heavy atom. The van der Waals surface area contributed by atoms with Crippen molar-refractivity contribution in [1.29, 1.82) is 0 Å². The van der Waals surface area contributed by atoms with Crippen molar-refractivity contribution < 1.29 is 9.53 Å². The Morgan fingerprint density at radius 2 is 2.27 bits per heavy atom. The van der Waals surface area contributed by atoms with Crippen LogP contribution in [-0.2, 0) is 16.0 Å². The van der Waals surface area contributed by atoms with Gasteiger partial charge in [0, 0.05) is 10.2 Å². The SMILES string of the molecule is COC(=O)C(C)Cc1ccc(Br)c(N)c1. The number of halogens is 1. The van der Waals surface area contributed by atoms with Gasteiger partial charge in [-0.25, -0.2) is 0 Å². The molecule has 0 fully saturated rings. The van der Waals surface area contributed by atoms with Gasteiger partial charge >= 0.3 is 5.97 Å². The van der Waals surface area contributed by atoms with Gasteiger partial charge in [-0.3, -0.25) is 4.79 Å². The minimum absolute atomic E-state index is 0.143. The van der Waals surface area contributed by atoms with Crippen LogP contribution in [0.3, 0.4) is 0 Å². The first-order chi connectivity index (χ1) is 7.04. The lowest BCUT2D eigenvalue weighted by atomic mass is 10.0. The number of ether oxygens (including phenoxy) is 1. The van der Waals surface area contributed by atoms with Crippen LogP contribution < -0.4 is 5.73 Å². The summed E-state index contributed by atoms with van der Waals surface area (Å²) >= 11 is 3.32. The first-order valence-electron chi connectivity index (χ1n) is 4.66. The number of carbonyl (C=O) groups excluding carboxylic acids is 1. The van der Waals surface area contributed by atoms with Gasteiger partial charge in [0.2, 0.25) is 0 Å². The summed E-state index contributed by atoms with van der Waals surface area (Å²) in [6.45, 7) is 1.84. The largest absolute Gasteiger partial charge is 0.469 e. The Kier molecular flexibility index (Phi) is 4.15. The van der Waals surface area contributed by atoms with Crippen LogP contribution in [0, 0.1) is 5.92 Å². The molecule has 1 unspecified atom stereocenters. The molecule has 1 atom stereocenters. The molecule has 0 aliphatic heterocycles. The maximum atomic E-state index is 11.2. The fourth-order valence-electron chi connectivity index (χ4n) is 1.36. The Labute approximate surface area is 97.7 Å². The number of anilines is 1. The second-order valence-corrected chi connectivity index (χ2v) is 4.34. The molecule has 0 bridgehead atoms. The summed E-state index contributed by atoms with van der Waals surface area (Å²) < 4.78 is 5.53. The molecule has 3 nitrogen and oxygen atoms in total. The lowest BCUT2D eigenvalue weighted by molar-refractivity contribution is -0.144. The lowest BCUT2D eigenvalue weighted by Gasteiger charge is -2.09. The Hall–Kier alpha value is -1.03. The lowest BCUT2D eigenvalue weighted by Crippen LogP contribution is -2.15. The number of hydrogen-bond donors (Lipinski definition) is 1. The Bertz CT molecular complexity index is 366. The smallest absolute Gasteiger partial charge is 0.308 e. The van der Waals surface area contributed by atoms with Crippen LogP contribution in [0.1, 0.15) is 12.5 Å². The molecule has 0 aromatic heterocycles. The van der Waals surface area contributed by atoms with Gasteiger partial charge < -0.3 is 10.5 Å². The van der Waals surface area contributed by atoms with E-state index in [4.69, 9.17) is 5.73 Å². The van der Waals surface area contributed by atoms with E-state index in [9.17, 15) is 4.79 Å². The zero-order valence-corrected chi connectivity index (χ0v) is 10.4. The van der Waals surface area contributed by atoms with Gasteiger partial charge in [-0.05, 0) is 40.0 Å². The van der Waals surface area contributed by atoms with Gasteiger partial charge in [0.25, 0.3) is 0 Å². The molecule has 0 saturated heterocycles. The van der Waals surface area contributed by atoms with Crippen molar-refractivity contribution in [3.63, 3.8) is 0 Å². The molecule has 0 heterocycles. The first kappa shape index (κ1) is 12.0. The molecule has 1 aromatic carbocycles. The second-order valence-electron chi connectivity index (χ2n) is 3.48. The molecule has 0 aliphatic carbocycles. The van der Waals surface area contributed by atoms with Crippen LogP contribution in [0.4, 0.5) is 5.69 Å². The molecule has 82 valence electrons. The van der Waals surface area contributed by atoms with Crippen LogP contribution in [0.5, 0.6) is 0 Å². The van der Waals surface area contributed by atoms with E-state index in [0.29, 0.717) is 12.1 Å². The number of hydrogen-bond acceptors (Lipinski definition) is 3. The summed E-state index contributed by atoms with van der Waals surface area (Å²) in [5.41, 5.74) is 7.46. The average Bonchev–Trinajstić information content (AvgIpc) is 2.22. The Morgan fingerprint density at radius 3 is 2.80 bits per heavy atom. The predicted molar refractivity (Wildman–Crippen MR) is 63.4 cm³/mol. The predicted octanol–water partition coefficient (Wildman–Crippen LogP) is 2.38. The number of nitrogen functional groups attached to an aromatic ring is 1. The number of nitrogens with two attached hydrogens (primary N) is 1. The van der Waals surface area contributed by atoms with Gasteiger partial charge in [-0.15, -0.1) is 0 Å². The van der Waals surface area contributed by atoms with Crippen molar-refractivity contribution in [3.8, 4) is 0 Å².